The van der Waals surface area contributed by atoms with Gasteiger partial charge in [-0.1, -0.05) is 0 Å². The van der Waals surface area contributed by atoms with Gasteiger partial charge in [0.1, 0.15) is 11.6 Å². The van der Waals surface area contributed by atoms with E-state index in [4.69, 9.17) is 5.11 Å². The van der Waals surface area contributed by atoms with Crippen LogP contribution in [0.3, 0.4) is 0 Å². The maximum atomic E-state index is 13.2. The minimum absolute atomic E-state index is 0.00871. The Balaban J connectivity index is 2.28. The van der Waals surface area contributed by atoms with Crippen molar-refractivity contribution in [3.8, 4) is 0 Å². The molecule has 6 heteroatoms. The molecule has 0 fully saturated rings. The summed E-state index contributed by atoms with van der Waals surface area (Å²) in [7, 11) is 0. The summed E-state index contributed by atoms with van der Waals surface area (Å²) in [5.41, 5.74) is 0.227. The fraction of sp³-hybridized carbons (Fsp3) is 0.417. The van der Waals surface area contributed by atoms with Gasteiger partial charge in [-0.2, -0.15) is 0 Å². The monoisotopic (exact) mass is 258 g/mol. The van der Waals surface area contributed by atoms with Gasteiger partial charge in [0.2, 0.25) is 0 Å². The fourth-order valence-corrected chi connectivity index (χ4v) is 1.39. The SMILES string of the molecule is O=C(NCCCO)NCCc1cc(F)ccc1F. The van der Waals surface area contributed by atoms with Gasteiger partial charge in [-0.25, -0.2) is 13.6 Å². The van der Waals surface area contributed by atoms with Gasteiger partial charge in [-0.3, -0.25) is 0 Å². The number of urea groups is 1. The average Bonchev–Trinajstić information content (AvgIpc) is 2.34. The molecule has 0 aliphatic rings. The molecule has 0 spiro atoms. The van der Waals surface area contributed by atoms with E-state index >= 15 is 0 Å². The van der Waals surface area contributed by atoms with Crippen molar-refractivity contribution in [2.24, 2.45) is 0 Å². The molecule has 18 heavy (non-hydrogen) atoms. The summed E-state index contributed by atoms with van der Waals surface area (Å²) in [6, 6.07) is 2.83. The van der Waals surface area contributed by atoms with Crippen LogP contribution in [-0.4, -0.2) is 30.8 Å². The van der Waals surface area contributed by atoms with Crippen LogP contribution in [0.5, 0.6) is 0 Å². The molecule has 0 bridgehead atoms. The number of hydrogen-bond donors (Lipinski definition) is 3. The zero-order valence-electron chi connectivity index (χ0n) is 9.88. The number of halogens is 2. The molecule has 4 nitrogen and oxygen atoms in total. The highest BCUT2D eigenvalue weighted by molar-refractivity contribution is 5.73. The first kappa shape index (κ1) is 14.4. The Hall–Kier alpha value is -1.69. The summed E-state index contributed by atoms with van der Waals surface area (Å²) < 4.78 is 26.1. The lowest BCUT2D eigenvalue weighted by Gasteiger charge is -2.07. The first-order valence-electron chi connectivity index (χ1n) is 5.70. The number of amides is 2. The van der Waals surface area contributed by atoms with Crippen molar-refractivity contribution < 1.29 is 18.7 Å². The number of rotatable bonds is 6. The highest BCUT2D eigenvalue weighted by Gasteiger charge is 2.04. The molecule has 0 aromatic heterocycles. The lowest BCUT2D eigenvalue weighted by atomic mass is 10.1. The largest absolute Gasteiger partial charge is 0.396 e. The third-order valence-corrected chi connectivity index (χ3v) is 2.31. The van der Waals surface area contributed by atoms with Crippen molar-refractivity contribution in [3.63, 3.8) is 0 Å². The summed E-state index contributed by atoms with van der Waals surface area (Å²) in [5, 5.41) is 13.5. The minimum Gasteiger partial charge on any atom is -0.396 e. The number of carbonyl (C=O) groups is 1. The van der Waals surface area contributed by atoms with E-state index in [1.54, 1.807) is 0 Å². The van der Waals surface area contributed by atoms with Gasteiger partial charge in [-0.15, -0.1) is 0 Å². The van der Waals surface area contributed by atoms with E-state index in [0.29, 0.717) is 13.0 Å². The van der Waals surface area contributed by atoms with Gasteiger partial charge < -0.3 is 15.7 Å². The molecule has 0 aliphatic carbocycles. The standard InChI is InChI=1S/C12H16F2N2O2/c13-10-2-3-11(14)9(8-10)4-6-16-12(18)15-5-1-7-17/h2-3,8,17H,1,4-7H2,(H2,15,16,18). The Morgan fingerprint density at radius 2 is 1.94 bits per heavy atom. The highest BCUT2D eigenvalue weighted by Crippen LogP contribution is 2.09. The maximum absolute atomic E-state index is 13.2. The van der Waals surface area contributed by atoms with Gasteiger partial charge in [0.25, 0.3) is 0 Å². The van der Waals surface area contributed by atoms with E-state index in [2.05, 4.69) is 10.6 Å². The van der Waals surface area contributed by atoms with Crippen molar-refractivity contribution in [2.75, 3.05) is 19.7 Å². The molecule has 0 atom stereocenters. The van der Waals surface area contributed by atoms with E-state index in [9.17, 15) is 13.6 Å². The fourth-order valence-electron chi connectivity index (χ4n) is 1.39. The smallest absolute Gasteiger partial charge is 0.314 e. The predicted octanol–water partition coefficient (Wildman–Crippen LogP) is 1.19. The molecule has 0 saturated carbocycles. The summed E-state index contributed by atoms with van der Waals surface area (Å²) in [6.07, 6.45) is 0.697. The van der Waals surface area contributed by atoms with Crippen LogP contribution < -0.4 is 10.6 Å². The molecule has 1 aromatic rings. The second kappa shape index (κ2) is 7.60. The van der Waals surface area contributed by atoms with Gasteiger partial charge >= 0.3 is 6.03 Å². The van der Waals surface area contributed by atoms with Crippen molar-refractivity contribution in [2.45, 2.75) is 12.8 Å². The Morgan fingerprint density at radius 1 is 1.22 bits per heavy atom. The number of nitrogens with one attached hydrogen (secondary N) is 2. The van der Waals surface area contributed by atoms with Crippen LogP contribution in [0.4, 0.5) is 13.6 Å². The first-order chi connectivity index (χ1) is 8.63. The number of benzene rings is 1. The van der Waals surface area contributed by atoms with Crippen LogP contribution in [0.15, 0.2) is 18.2 Å². The second-order valence-corrected chi connectivity index (χ2v) is 3.75. The molecular formula is C12H16F2N2O2. The van der Waals surface area contributed by atoms with Gasteiger partial charge in [0, 0.05) is 19.7 Å². The van der Waals surface area contributed by atoms with Crippen LogP contribution in [0.2, 0.25) is 0 Å². The highest BCUT2D eigenvalue weighted by atomic mass is 19.1. The molecule has 2 amide bonds. The number of hydrogen-bond acceptors (Lipinski definition) is 2. The van der Waals surface area contributed by atoms with Crippen molar-refractivity contribution in [3.05, 3.63) is 35.4 Å². The molecule has 0 radical (unpaired) electrons. The molecular weight excluding hydrogens is 242 g/mol. The Morgan fingerprint density at radius 3 is 2.67 bits per heavy atom. The molecule has 0 heterocycles. The van der Waals surface area contributed by atoms with Crippen LogP contribution in [0.25, 0.3) is 0 Å². The van der Waals surface area contributed by atoms with Crippen LogP contribution >= 0.6 is 0 Å². The normalized spacial score (nSPS) is 10.2. The summed E-state index contributed by atoms with van der Waals surface area (Å²) in [4.78, 5) is 11.2. The zero-order chi connectivity index (χ0) is 13.4. The Labute approximate surface area is 104 Å². The molecule has 1 aromatic carbocycles. The topological polar surface area (TPSA) is 61.4 Å². The number of aliphatic hydroxyl groups excluding tert-OH is 1. The van der Waals surface area contributed by atoms with E-state index in [0.717, 1.165) is 18.2 Å². The molecule has 1 rings (SSSR count). The minimum atomic E-state index is -0.501. The summed E-state index contributed by atoms with van der Waals surface area (Å²) >= 11 is 0. The maximum Gasteiger partial charge on any atom is 0.314 e. The number of aliphatic hydroxyl groups is 1. The van der Waals surface area contributed by atoms with E-state index < -0.39 is 11.6 Å². The lowest BCUT2D eigenvalue weighted by molar-refractivity contribution is 0.238. The van der Waals surface area contributed by atoms with Crippen molar-refractivity contribution in [1.82, 2.24) is 10.6 Å². The van der Waals surface area contributed by atoms with E-state index in [-0.39, 0.29) is 31.2 Å². The lowest BCUT2D eigenvalue weighted by Crippen LogP contribution is -2.37. The molecule has 0 aliphatic heterocycles. The summed E-state index contributed by atoms with van der Waals surface area (Å²) in [6.45, 7) is 0.594. The quantitative estimate of drug-likeness (QED) is 0.671. The predicted molar refractivity (Wildman–Crippen MR) is 63.2 cm³/mol. The summed E-state index contributed by atoms with van der Waals surface area (Å²) in [5.74, 6) is -0.988. The van der Waals surface area contributed by atoms with Crippen molar-refractivity contribution in [1.29, 1.82) is 0 Å². The first-order valence-corrected chi connectivity index (χ1v) is 5.70. The van der Waals surface area contributed by atoms with Gasteiger partial charge in [0.15, 0.2) is 0 Å². The number of carbonyl (C=O) groups excluding carboxylic acids is 1. The Bertz CT molecular complexity index is 400. The zero-order valence-corrected chi connectivity index (χ0v) is 9.88. The van der Waals surface area contributed by atoms with Gasteiger partial charge in [0.05, 0.1) is 0 Å². The Kier molecular flexibility index (Phi) is 6.07. The third-order valence-electron chi connectivity index (χ3n) is 2.31. The van der Waals surface area contributed by atoms with Crippen LogP contribution in [0.1, 0.15) is 12.0 Å². The van der Waals surface area contributed by atoms with Crippen molar-refractivity contribution >= 4 is 6.03 Å². The van der Waals surface area contributed by atoms with Gasteiger partial charge in [-0.05, 0) is 36.6 Å². The van der Waals surface area contributed by atoms with Crippen LogP contribution in [-0.2, 0) is 6.42 Å². The average molecular weight is 258 g/mol. The van der Waals surface area contributed by atoms with Crippen LogP contribution in [0, 0.1) is 11.6 Å². The third kappa shape index (κ3) is 5.09. The molecule has 3 N–H and O–H groups in total. The second-order valence-electron chi connectivity index (χ2n) is 3.75. The molecule has 100 valence electrons. The van der Waals surface area contributed by atoms with E-state index in [1.807, 2.05) is 0 Å². The molecule has 0 saturated heterocycles. The molecule has 0 unspecified atom stereocenters. The van der Waals surface area contributed by atoms with E-state index in [1.165, 1.54) is 0 Å².